The molecule has 5 aromatic heterocycles. The summed E-state index contributed by atoms with van der Waals surface area (Å²) in [7, 11) is 0. The first-order valence-electron chi connectivity index (χ1n) is 18.3. The van der Waals surface area contributed by atoms with Gasteiger partial charge in [-0.3, -0.25) is 4.57 Å². The van der Waals surface area contributed by atoms with Crippen LogP contribution < -0.4 is 0 Å². The normalized spacial score (nSPS) is 13.4. The highest BCUT2D eigenvalue weighted by molar-refractivity contribution is 7.26. The lowest BCUT2D eigenvalue weighted by molar-refractivity contribution is 0.926. The van der Waals surface area contributed by atoms with Crippen LogP contribution in [0.3, 0.4) is 0 Å². The summed E-state index contributed by atoms with van der Waals surface area (Å²) in [5.41, 5.74) is 10.7. The summed E-state index contributed by atoms with van der Waals surface area (Å²) in [4.78, 5) is 11.2. The first-order valence-corrected chi connectivity index (χ1v) is 19.1. The maximum atomic E-state index is 5.63. The van der Waals surface area contributed by atoms with E-state index in [1.165, 1.54) is 75.5 Å². The van der Waals surface area contributed by atoms with Crippen molar-refractivity contribution in [2.24, 2.45) is 0 Å². The molecule has 0 unspecified atom stereocenters. The van der Waals surface area contributed by atoms with Crippen LogP contribution in [0.25, 0.3) is 114 Å². The maximum absolute atomic E-state index is 5.63. The summed E-state index contributed by atoms with van der Waals surface area (Å²) in [6.07, 6.45) is 6.78. The maximum Gasteiger partial charge on any atom is 0.235 e. The highest BCUT2D eigenvalue weighted by atomic mass is 32.1. The van der Waals surface area contributed by atoms with Gasteiger partial charge >= 0.3 is 0 Å². The summed E-state index contributed by atoms with van der Waals surface area (Å²) in [6.45, 7) is 0. The molecule has 0 amide bonds. The summed E-state index contributed by atoms with van der Waals surface area (Å²) >= 11 is 1.78. The van der Waals surface area contributed by atoms with Crippen LogP contribution in [0.4, 0.5) is 0 Å². The second-order valence-electron chi connectivity index (χ2n) is 14.4. The Bertz CT molecular complexity index is 3580. The van der Waals surface area contributed by atoms with Crippen LogP contribution in [0, 0.1) is 0 Å². The van der Waals surface area contributed by atoms with Crippen molar-refractivity contribution in [1.82, 2.24) is 18.9 Å². The Hall–Kier alpha value is -6.56. The molecule has 0 aliphatic heterocycles. The SMILES string of the molecule is C1=Cc2c(n3c4ccccc4c4c5c(cc2c43)c2c3ccccc3ccc2n5-c2nc(-c3ccc4ccccc4c3)c3sc4ccccc4c3n2)CC1. The predicted octanol–water partition coefficient (Wildman–Crippen LogP) is 12.9. The van der Waals surface area contributed by atoms with E-state index >= 15 is 0 Å². The number of hydrogen-bond donors (Lipinski definition) is 0. The Balaban J connectivity index is 1.27. The van der Waals surface area contributed by atoms with E-state index in [4.69, 9.17) is 9.97 Å². The van der Waals surface area contributed by atoms with Crippen LogP contribution in [-0.4, -0.2) is 18.9 Å². The number of fused-ring (bicyclic) bond motifs is 16. The summed E-state index contributed by atoms with van der Waals surface area (Å²) < 4.78 is 7.27. The number of thiophene rings is 1. The first-order chi connectivity index (χ1) is 26.3. The minimum Gasteiger partial charge on any atom is -0.312 e. The number of aryl methyl sites for hydroxylation is 1. The van der Waals surface area contributed by atoms with Gasteiger partial charge in [0, 0.05) is 53.8 Å². The Morgan fingerprint density at radius 3 is 2.26 bits per heavy atom. The minimum absolute atomic E-state index is 0.697. The lowest BCUT2D eigenvalue weighted by Gasteiger charge is -2.12. The first kappa shape index (κ1) is 28.1. The zero-order valence-electron chi connectivity index (χ0n) is 28.5. The van der Waals surface area contributed by atoms with E-state index in [0.29, 0.717) is 5.95 Å². The van der Waals surface area contributed by atoms with E-state index in [9.17, 15) is 0 Å². The molecule has 5 heterocycles. The third kappa shape index (κ3) is 3.59. The fourth-order valence-electron chi connectivity index (χ4n) is 9.46. The molecule has 0 fully saturated rings. The molecule has 5 heteroatoms. The van der Waals surface area contributed by atoms with Crippen LogP contribution in [0.1, 0.15) is 17.7 Å². The van der Waals surface area contributed by atoms with Crippen LogP contribution in [-0.2, 0) is 6.42 Å². The van der Waals surface area contributed by atoms with Gasteiger partial charge in [0.15, 0.2) is 0 Å². The van der Waals surface area contributed by atoms with E-state index in [0.717, 1.165) is 50.7 Å². The Morgan fingerprint density at radius 1 is 0.566 bits per heavy atom. The molecule has 53 heavy (non-hydrogen) atoms. The predicted molar refractivity (Wildman–Crippen MR) is 224 cm³/mol. The highest BCUT2D eigenvalue weighted by Crippen LogP contribution is 2.48. The van der Waals surface area contributed by atoms with Gasteiger partial charge in [0.25, 0.3) is 0 Å². The standard InChI is InChI=1S/C48H28N4S/c1-2-13-29-25-30(22-21-27(29)11-1)43-47-44(34-17-7-10-20-40(34)53-47)50-48(49-43)52-39-24-23-28-12-3-4-14-31(28)41(39)36-26-35-32-15-5-8-18-37(32)51-38-19-9-6-16-33(38)42(45(35)51)46(36)52/h1-7,9-17,19-26H,8,18H2. The number of allylic oxidation sites excluding steroid dienone is 1. The molecule has 246 valence electrons. The third-order valence-corrected chi connectivity index (χ3v) is 12.9. The van der Waals surface area contributed by atoms with Gasteiger partial charge in [0.2, 0.25) is 5.95 Å². The zero-order chi connectivity index (χ0) is 34.4. The molecule has 4 nitrogen and oxygen atoms in total. The Labute approximate surface area is 306 Å². The largest absolute Gasteiger partial charge is 0.312 e. The number of hydrogen-bond acceptors (Lipinski definition) is 3. The smallest absolute Gasteiger partial charge is 0.235 e. The van der Waals surface area contributed by atoms with Gasteiger partial charge < -0.3 is 4.40 Å². The van der Waals surface area contributed by atoms with Crippen molar-refractivity contribution in [2.75, 3.05) is 0 Å². The second kappa shape index (κ2) is 10.1. The van der Waals surface area contributed by atoms with Crippen molar-refractivity contribution in [3.63, 3.8) is 0 Å². The van der Waals surface area contributed by atoms with E-state index in [2.05, 4.69) is 155 Å². The van der Waals surface area contributed by atoms with Gasteiger partial charge in [0.05, 0.1) is 38.0 Å². The minimum atomic E-state index is 0.697. The van der Waals surface area contributed by atoms with Crippen LogP contribution in [0.15, 0.2) is 140 Å². The number of aromatic nitrogens is 4. The lowest BCUT2D eigenvalue weighted by Crippen LogP contribution is -2.03. The topological polar surface area (TPSA) is 35.1 Å². The molecule has 0 bridgehead atoms. The van der Waals surface area contributed by atoms with Gasteiger partial charge in [-0.2, -0.15) is 0 Å². The van der Waals surface area contributed by atoms with Crippen LogP contribution >= 0.6 is 11.3 Å². The fourth-order valence-corrected chi connectivity index (χ4v) is 10.6. The number of benzene rings is 7. The molecule has 7 aromatic carbocycles. The van der Waals surface area contributed by atoms with E-state index in [1.54, 1.807) is 11.3 Å². The molecule has 12 aromatic rings. The number of para-hydroxylation sites is 1. The molecule has 0 radical (unpaired) electrons. The summed E-state index contributed by atoms with van der Waals surface area (Å²) in [5.74, 6) is 0.697. The van der Waals surface area contributed by atoms with Crippen LogP contribution in [0.5, 0.6) is 0 Å². The quantitative estimate of drug-likeness (QED) is 0.181. The van der Waals surface area contributed by atoms with Gasteiger partial charge in [-0.25, -0.2) is 9.97 Å². The van der Waals surface area contributed by atoms with Crippen molar-refractivity contribution in [1.29, 1.82) is 0 Å². The number of rotatable bonds is 2. The average molecular weight is 693 g/mol. The molecule has 0 atom stereocenters. The van der Waals surface area contributed by atoms with Crippen molar-refractivity contribution in [2.45, 2.75) is 12.8 Å². The molecule has 0 saturated carbocycles. The van der Waals surface area contributed by atoms with E-state index in [-0.39, 0.29) is 0 Å². The molecule has 0 N–H and O–H groups in total. The van der Waals surface area contributed by atoms with E-state index in [1.807, 2.05) is 0 Å². The van der Waals surface area contributed by atoms with Crippen LogP contribution in [0.2, 0.25) is 0 Å². The van der Waals surface area contributed by atoms with Gasteiger partial charge in [-0.05, 0) is 64.7 Å². The fraction of sp³-hybridized carbons (Fsp3) is 0.0417. The highest BCUT2D eigenvalue weighted by Gasteiger charge is 2.28. The lowest BCUT2D eigenvalue weighted by atomic mass is 9.97. The molecule has 1 aliphatic rings. The monoisotopic (exact) mass is 692 g/mol. The second-order valence-corrected chi connectivity index (χ2v) is 15.5. The average Bonchev–Trinajstić information content (AvgIpc) is 3.95. The van der Waals surface area contributed by atoms with Crippen molar-refractivity contribution in [3.05, 3.63) is 151 Å². The van der Waals surface area contributed by atoms with Crippen molar-refractivity contribution < 1.29 is 0 Å². The molecule has 0 spiro atoms. The summed E-state index contributed by atoms with van der Waals surface area (Å²) in [6, 6.07) is 48.7. The Kier molecular flexibility index (Phi) is 5.33. The van der Waals surface area contributed by atoms with Crippen molar-refractivity contribution in [3.8, 4) is 17.2 Å². The molecular formula is C48H28N4S. The molecule has 13 rings (SSSR count). The zero-order valence-corrected chi connectivity index (χ0v) is 29.3. The number of nitrogens with zero attached hydrogens (tertiary/aromatic N) is 4. The van der Waals surface area contributed by atoms with E-state index < -0.39 is 0 Å². The Morgan fingerprint density at radius 2 is 1.34 bits per heavy atom. The van der Waals surface area contributed by atoms with Gasteiger partial charge in [0.1, 0.15) is 0 Å². The van der Waals surface area contributed by atoms with Gasteiger partial charge in [-0.1, -0.05) is 115 Å². The van der Waals surface area contributed by atoms with Gasteiger partial charge in [-0.15, -0.1) is 11.3 Å². The third-order valence-electron chi connectivity index (χ3n) is 11.7. The molecule has 0 saturated heterocycles. The molecule has 1 aliphatic carbocycles. The molecular weight excluding hydrogens is 665 g/mol. The van der Waals surface area contributed by atoms with Crippen molar-refractivity contribution >= 4 is 108 Å². The summed E-state index contributed by atoms with van der Waals surface area (Å²) in [5, 5.41) is 12.4.